The van der Waals surface area contributed by atoms with Crippen molar-refractivity contribution in [1.82, 2.24) is 0 Å². The Morgan fingerprint density at radius 3 is 0.712 bits per heavy atom. The van der Waals surface area contributed by atoms with Crippen LogP contribution >= 0.6 is 0 Å². The van der Waals surface area contributed by atoms with E-state index < -0.39 is 6.10 Å². The van der Waals surface area contributed by atoms with E-state index in [1.165, 1.54) is 276 Å². The van der Waals surface area contributed by atoms with E-state index in [9.17, 15) is 14.4 Å². The summed E-state index contributed by atoms with van der Waals surface area (Å²) >= 11 is 0. The molecule has 0 heterocycles. The standard InChI is InChI=1S/C67H128O6/c1-4-7-10-13-16-19-22-25-27-29-31-32-33-34-35-37-38-40-42-45-48-51-54-57-60-66(69)72-63-64(62-71-65(68)59-56-53-50-47-44-24-21-18-15-12-9-6-3)73-67(70)61-58-55-52-49-46-43-41-39-36-30-28-26-23-20-17-14-11-8-5-2/h18,21,64H,4-17,19-20,22-63H2,1-3H3/b21-18-. The molecule has 0 saturated heterocycles. The van der Waals surface area contributed by atoms with Crippen molar-refractivity contribution in [2.24, 2.45) is 0 Å². The lowest BCUT2D eigenvalue weighted by molar-refractivity contribution is -0.167. The molecule has 0 aromatic carbocycles. The molecule has 0 aliphatic rings. The number of allylic oxidation sites excluding steroid dienone is 2. The van der Waals surface area contributed by atoms with Crippen molar-refractivity contribution in [3.05, 3.63) is 12.2 Å². The zero-order chi connectivity index (χ0) is 52.9. The maximum Gasteiger partial charge on any atom is 0.306 e. The summed E-state index contributed by atoms with van der Waals surface area (Å²) in [7, 11) is 0. The fourth-order valence-corrected chi connectivity index (χ4v) is 10.3. The highest BCUT2D eigenvalue weighted by atomic mass is 16.6. The maximum absolute atomic E-state index is 12.9. The summed E-state index contributed by atoms with van der Waals surface area (Å²) in [5.74, 6) is -0.844. The Bertz CT molecular complexity index is 1130. The number of carbonyl (C=O) groups is 3. The monoisotopic (exact) mass is 1030 g/mol. The van der Waals surface area contributed by atoms with Gasteiger partial charge in [0.05, 0.1) is 0 Å². The van der Waals surface area contributed by atoms with Crippen molar-refractivity contribution in [3.63, 3.8) is 0 Å². The van der Waals surface area contributed by atoms with Gasteiger partial charge in [-0.3, -0.25) is 14.4 Å². The lowest BCUT2D eigenvalue weighted by Gasteiger charge is -2.18. The highest BCUT2D eigenvalue weighted by Crippen LogP contribution is 2.19. The van der Waals surface area contributed by atoms with Crippen LogP contribution in [0.5, 0.6) is 0 Å². The van der Waals surface area contributed by atoms with E-state index in [0.717, 1.165) is 64.2 Å². The molecule has 0 amide bonds. The molecular formula is C67H128O6. The van der Waals surface area contributed by atoms with Crippen LogP contribution < -0.4 is 0 Å². The Morgan fingerprint density at radius 2 is 0.452 bits per heavy atom. The van der Waals surface area contributed by atoms with Crippen molar-refractivity contribution in [1.29, 1.82) is 0 Å². The molecule has 0 aromatic rings. The van der Waals surface area contributed by atoms with Gasteiger partial charge < -0.3 is 14.2 Å². The third kappa shape index (κ3) is 60.9. The topological polar surface area (TPSA) is 78.9 Å². The van der Waals surface area contributed by atoms with Gasteiger partial charge in [0.2, 0.25) is 0 Å². The lowest BCUT2D eigenvalue weighted by atomic mass is 10.0. The van der Waals surface area contributed by atoms with E-state index in [1.807, 2.05) is 0 Å². The van der Waals surface area contributed by atoms with Crippen molar-refractivity contribution in [3.8, 4) is 0 Å². The first-order valence-corrected chi connectivity index (χ1v) is 33.2. The van der Waals surface area contributed by atoms with Gasteiger partial charge in [-0.15, -0.1) is 0 Å². The molecule has 0 aromatic heterocycles. The van der Waals surface area contributed by atoms with Crippen molar-refractivity contribution in [2.45, 2.75) is 386 Å². The second-order valence-electron chi connectivity index (χ2n) is 22.7. The van der Waals surface area contributed by atoms with Gasteiger partial charge in [-0.2, -0.15) is 0 Å². The normalized spacial score (nSPS) is 12.0. The third-order valence-electron chi connectivity index (χ3n) is 15.3. The van der Waals surface area contributed by atoms with E-state index >= 15 is 0 Å². The molecule has 1 unspecified atom stereocenters. The van der Waals surface area contributed by atoms with Gasteiger partial charge in [0.15, 0.2) is 6.10 Å². The summed E-state index contributed by atoms with van der Waals surface area (Å²) in [4.78, 5) is 38.3. The van der Waals surface area contributed by atoms with E-state index in [1.54, 1.807) is 0 Å². The minimum Gasteiger partial charge on any atom is -0.462 e. The summed E-state index contributed by atoms with van der Waals surface area (Å²) in [6.07, 6.45) is 73.8. The average molecular weight is 1030 g/mol. The first-order valence-electron chi connectivity index (χ1n) is 33.2. The predicted octanol–water partition coefficient (Wildman–Crippen LogP) is 22.4. The van der Waals surface area contributed by atoms with Crippen LogP contribution in [0.4, 0.5) is 0 Å². The van der Waals surface area contributed by atoms with Gasteiger partial charge in [-0.25, -0.2) is 0 Å². The number of hydrogen-bond acceptors (Lipinski definition) is 6. The highest BCUT2D eigenvalue weighted by molar-refractivity contribution is 5.71. The van der Waals surface area contributed by atoms with Crippen LogP contribution in [-0.4, -0.2) is 37.2 Å². The minimum atomic E-state index is -0.769. The van der Waals surface area contributed by atoms with E-state index in [-0.39, 0.29) is 31.1 Å². The highest BCUT2D eigenvalue weighted by Gasteiger charge is 2.19. The molecule has 0 aliphatic carbocycles. The van der Waals surface area contributed by atoms with E-state index in [2.05, 4.69) is 32.9 Å². The third-order valence-corrected chi connectivity index (χ3v) is 15.3. The minimum absolute atomic E-state index is 0.0660. The van der Waals surface area contributed by atoms with Gasteiger partial charge in [0.1, 0.15) is 13.2 Å². The molecule has 0 bridgehead atoms. The molecule has 0 radical (unpaired) electrons. The molecule has 0 spiro atoms. The van der Waals surface area contributed by atoms with Crippen LogP contribution in [0.25, 0.3) is 0 Å². The van der Waals surface area contributed by atoms with Crippen LogP contribution in [0.1, 0.15) is 380 Å². The summed E-state index contributed by atoms with van der Waals surface area (Å²) in [6.45, 7) is 6.69. The van der Waals surface area contributed by atoms with E-state index in [4.69, 9.17) is 14.2 Å². The number of unbranched alkanes of at least 4 members (excludes halogenated alkanes) is 49. The SMILES string of the molecule is CCCCC/C=C\CCCCCCCC(=O)OCC(COC(=O)CCCCCCCCCCCCCCCCCCCCCCCCCC)OC(=O)CCCCCCCCCCCCCCCCCCCCC. The van der Waals surface area contributed by atoms with Crippen LogP contribution in [0.2, 0.25) is 0 Å². The fraction of sp³-hybridized carbons (Fsp3) is 0.925. The second-order valence-corrected chi connectivity index (χ2v) is 22.7. The van der Waals surface area contributed by atoms with E-state index in [0.29, 0.717) is 19.3 Å². The second kappa shape index (κ2) is 62.7. The summed E-state index contributed by atoms with van der Waals surface area (Å²) in [5.41, 5.74) is 0. The Kier molecular flexibility index (Phi) is 61.1. The molecule has 0 fully saturated rings. The molecule has 73 heavy (non-hydrogen) atoms. The summed E-state index contributed by atoms with van der Waals surface area (Å²) in [6, 6.07) is 0. The maximum atomic E-state index is 12.9. The van der Waals surface area contributed by atoms with Gasteiger partial charge >= 0.3 is 17.9 Å². The quantitative estimate of drug-likeness (QED) is 0.0261. The number of carbonyl (C=O) groups excluding carboxylic acids is 3. The Hall–Kier alpha value is -1.85. The van der Waals surface area contributed by atoms with Crippen LogP contribution in [0.15, 0.2) is 12.2 Å². The molecule has 0 saturated carbocycles. The molecule has 0 rings (SSSR count). The smallest absolute Gasteiger partial charge is 0.306 e. The van der Waals surface area contributed by atoms with Gasteiger partial charge in [-0.1, -0.05) is 328 Å². The fourth-order valence-electron chi connectivity index (χ4n) is 10.3. The van der Waals surface area contributed by atoms with Gasteiger partial charge in [-0.05, 0) is 44.9 Å². The Morgan fingerprint density at radius 1 is 0.260 bits per heavy atom. The molecule has 432 valence electrons. The zero-order valence-electron chi connectivity index (χ0n) is 49.7. The van der Waals surface area contributed by atoms with Crippen LogP contribution in [-0.2, 0) is 28.6 Å². The van der Waals surface area contributed by atoms with Crippen molar-refractivity contribution in [2.75, 3.05) is 13.2 Å². The number of esters is 3. The number of ether oxygens (including phenoxy) is 3. The van der Waals surface area contributed by atoms with Crippen molar-refractivity contribution < 1.29 is 28.6 Å². The molecule has 0 aliphatic heterocycles. The number of rotatable bonds is 62. The summed E-state index contributed by atoms with van der Waals surface area (Å²) < 4.78 is 16.9. The van der Waals surface area contributed by atoms with Crippen LogP contribution in [0, 0.1) is 0 Å². The first kappa shape index (κ1) is 71.2. The molecule has 0 N–H and O–H groups in total. The van der Waals surface area contributed by atoms with Gasteiger partial charge in [0.25, 0.3) is 0 Å². The average Bonchev–Trinajstić information content (AvgIpc) is 3.39. The number of hydrogen-bond donors (Lipinski definition) is 0. The summed E-state index contributed by atoms with van der Waals surface area (Å²) in [5, 5.41) is 0. The largest absolute Gasteiger partial charge is 0.462 e. The molecule has 6 heteroatoms. The van der Waals surface area contributed by atoms with Crippen molar-refractivity contribution >= 4 is 17.9 Å². The molecule has 6 nitrogen and oxygen atoms in total. The lowest BCUT2D eigenvalue weighted by Crippen LogP contribution is -2.30. The van der Waals surface area contributed by atoms with Crippen LogP contribution in [0.3, 0.4) is 0 Å². The Balaban J connectivity index is 4.20. The van der Waals surface area contributed by atoms with Gasteiger partial charge in [0, 0.05) is 19.3 Å². The first-order chi connectivity index (χ1) is 36.0. The molecule has 1 atom stereocenters. The Labute approximate surface area is 456 Å². The zero-order valence-corrected chi connectivity index (χ0v) is 49.7. The predicted molar refractivity (Wildman–Crippen MR) is 317 cm³/mol. The molecular weight excluding hydrogens is 901 g/mol.